The van der Waals surface area contributed by atoms with E-state index in [2.05, 4.69) is 15.8 Å². The van der Waals surface area contributed by atoms with Gasteiger partial charge in [-0.05, 0) is 23.3 Å². The van der Waals surface area contributed by atoms with E-state index in [0.717, 1.165) is 16.8 Å². The third-order valence-electron chi connectivity index (χ3n) is 3.47. The number of hydrogen-bond acceptors (Lipinski definition) is 4. The van der Waals surface area contributed by atoms with Gasteiger partial charge in [0.05, 0.1) is 19.2 Å². The molecule has 6 nitrogen and oxygen atoms in total. The lowest BCUT2D eigenvalue weighted by Crippen LogP contribution is -2.35. The summed E-state index contributed by atoms with van der Waals surface area (Å²) in [6, 6.07) is 17.1. The van der Waals surface area contributed by atoms with Gasteiger partial charge in [-0.15, -0.1) is 0 Å². The van der Waals surface area contributed by atoms with Crippen molar-refractivity contribution in [3.05, 3.63) is 65.7 Å². The van der Waals surface area contributed by atoms with Crippen LogP contribution in [0.1, 0.15) is 11.1 Å². The summed E-state index contributed by atoms with van der Waals surface area (Å²) in [4.78, 5) is 25.5. The lowest BCUT2D eigenvalue weighted by atomic mass is 10.1. The molecule has 0 spiro atoms. The lowest BCUT2D eigenvalue weighted by Gasteiger charge is -2.11. The predicted molar refractivity (Wildman–Crippen MR) is 99.7 cm³/mol. The van der Waals surface area contributed by atoms with Gasteiger partial charge < -0.3 is 10.2 Å². The van der Waals surface area contributed by atoms with Crippen LogP contribution in [0.5, 0.6) is 0 Å². The summed E-state index contributed by atoms with van der Waals surface area (Å²) in [5, 5.41) is 6.46. The molecule has 2 N–H and O–H groups in total. The largest absolute Gasteiger partial charge is 0.378 e. The predicted octanol–water partition coefficient (Wildman–Crippen LogP) is 1.56. The van der Waals surface area contributed by atoms with Gasteiger partial charge in [-0.2, -0.15) is 5.10 Å². The molecule has 0 fully saturated rings. The zero-order chi connectivity index (χ0) is 18.1. The molecule has 0 heterocycles. The van der Waals surface area contributed by atoms with Gasteiger partial charge in [0.25, 0.3) is 5.91 Å². The highest BCUT2D eigenvalue weighted by Crippen LogP contribution is 2.10. The molecule has 0 bridgehead atoms. The minimum atomic E-state index is -0.373. The lowest BCUT2D eigenvalue weighted by molar-refractivity contribution is -0.125. The van der Waals surface area contributed by atoms with E-state index < -0.39 is 0 Å². The van der Waals surface area contributed by atoms with E-state index in [0.29, 0.717) is 0 Å². The van der Waals surface area contributed by atoms with Crippen LogP contribution in [0.15, 0.2) is 59.7 Å². The summed E-state index contributed by atoms with van der Waals surface area (Å²) in [5.74, 6) is -0.577. The van der Waals surface area contributed by atoms with Crippen LogP contribution in [-0.4, -0.2) is 38.7 Å². The Morgan fingerprint density at radius 3 is 2.32 bits per heavy atom. The highest BCUT2D eigenvalue weighted by atomic mass is 16.2. The average molecular weight is 338 g/mol. The van der Waals surface area contributed by atoms with Gasteiger partial charge >= 0.3 is 0 Å². The minimum Gasteiger partial charge on any atom is -0.378 e. The second-order valence-electron chi connectivity index (χ2n) is 5.72. The van der Waals surface area contributed by atoms with E-state index in [4.69, 9.17) is 0 Å². The Morgan fingerprint density at radius 1 is 1.00 bits per heavy atom. The van der Waals surface area contributed by atoms with Crippen LogP contribution in [0.4, 0.5) is 5.69 Å². The topological polar surface area (TPSA) is 73.8 Å². The molecule has 25 heavy (non-hydrogen) atoms. The zero-order valence-electron chi connectivity index (χ0n) is 14.4. The molecule has 0 saturated carbocycles. The number of rotatable bonds is 7. The van der Waals surface area contributed by atoms with Gasteiger partial charge in [0.1, 0.15) is 0 Å². The van der Waals surface area contributed by atoms with Gasteiger partial charge in [0.15, 0.2) is 0 Å². The van der Waals surface area contributed by atoms with Crippen LogP contribution >= 0.6 is 0 Å². The fraction of sp³-hybridized carbons (Fsp3) is 0.211. The molecule has 0 aliphatic carbocycles. The summed E-state index contributed by atoms with van der Waals surface area (Å²) in [6.45, 7) is -0.109. The first-order valence-electron chi connectivity index (χ1n) is 7.94. The number of nitrogens with one attached hydrogen (secondary N) is 2. The molecular weight excluding hydrogens is 316 g/mol. The van der Waals surface area contributed by atoms with Crippen LogP contribution in [0.3, 0.4) is 0 Å². The number of benzene rings is 2. The highest BCUT2D eigenvalue weighted by Gasteiger charge is 2.05. The molecule has 0 aliphatic heterocycles. The van der Waals surface area contributed by atoms with Crippen LogP contribution in [0, 0.1) is 0 Å². The first-order valence-corrected chi connectivity index (χ1v) is 7.94. The SMILES string of the molecule is CN(C)c1ccc(/C=N/NC(=O)CNC(=O)Cc2ccccc2)cc1. The maximum atomic E-state index is 11.8. The molecular formula is C19H22N4O2. The van der Waals surface area contributed by atoms with Crippen molar-refractivity contribution in [3.8, 4) is 0 Å². The Balaban J connectivity index is 1.72. The van der Waals surface area contributed by atoms with Gasteiger partial charge in [-0.1, -0.05) is 42.5 Å². The maximum Gasteiger partial charge on any atom is 0.259 e. The van der Waals surface area contributed by atoms with Gasteiger partial charge in [-0.25, -0.2) is 5.43 Å². The van der Waals surface area contributed by atoms with E-state index in [1.807, 2.05) is 73.6 Å². The first-order chi connectivity index (χ1) is 12.0. The fourth-order valence-corrected chi connectivity index (χ4v) is 2.10. The van der Waals surface area contributed by atoms with Gasteiger partial charge in [0.2, 0.25) is 5.91 Å². The summed E-state index contributed by atoms with van der Waals surface area (Å²) >= 11 is 0. The second-order valence-corrected chi connectivity index (χ2v) is 5.72. The summed E-state index contributed by atoms with van der Waals surface area (Å²) in [6.07, 6.45) is 1.80. The molecule has 0 aliphatic rings. The molecule has 2 rings (SSSR count). The van der Waals surface area contributed by atoms with E-state index >= 15 is 0 Å². The summed E-state index contributed by atoms with van der Waals surface area (Å²) in [7, 11) is 3.94. The van der Waals surface area contributed by atoms with E-state index in [-0.39, 0.29) is 24.8 Å². The molecule has 2 aromatic rings. The number of hydrazone groups is 1. The molecule has 0 unspecified atom stereocenters. The quantitative estimate of drug-likeness (QED) is 0.594. The molecule has 2 aromatic carbocycles. The standard InChI is InChI=1S/C19H22N4O2/c1-23(2)17-10-8-16(9-11-17)13-21-22-19(25)14-20-18(24)12-15-6-4-3-5-7-15/h3-11,13H,12,14H2,1-2H3,(H,20,24)(H,22,25)/b21-13+. The number of amides is 2. The Morgan fingerprint density at radius 2 is 1.68 bits per heavy atom. The molecule has 0 radical (unpaired) electrons. The van der Waals surface area contributed by atoms with Gasteiger partial charge in [-0.3, -0.25) is 9.59 Å². The Labute approximate surface area is 147 Å². The molecule has 0 atom stereocenters. The number of carbonyl (C=O) groups is 2. The zero-order valence-corrected chi connectivity index (χ0v) is 14.4. The van der Waals surface area contributed by atoms with E-state index in [1.165, 1.54) is 0 Å². The molecule has 0 aromatic heterocycles. The molecule has 0 saturated heterocycles. The van der Waals surface area contributed by atoms with Crippen molar-refractivity contribution < 1.29 is 9.59 Å². The fourth-order valence-electron chi connectivity index (χ4n) is 2.10. The number of carbonyl (C=O) groups excluding carboxylic acids is 2. The van der Waals surface area contributed by atoms with Crippen LogP contribution in [0.25, 0.3) is 0 Å². The minimum absolute atomic E-state index is 0.109. The van der Waals surface area contributed by atoms with E-state index in [1.54, 1.807) is 6.21 Å². The van der Waals surface area contributed by atoms with Gasteiger partial charge in [0, 0.05) is 19.8 Å². The third-order valence-corrected chi connectivity index (χ3v) is 3.47. The third kappa shape index (κ3) is 6.47. The normalized spacial score (nSPS) is 10.5. The second kappa shape index (κ2) is 9.22. The number of anilines is 1. The Kier molecular flexibility index (Phi) is 6.71. The monoisotopic (exact) mass is 338 g/mol. The molecule has 130 valence electrons. The summed E-state index contributed by atoms with van der Waals surface area (Å²) in [5.41, 5.74) is 5.26. The first kappa shape index (κ1) is 18.2. The van der Waals surface area contributed by atoms with Crippen molar-refractivity contribution in [1.29, 1.82) is 0 Å². The highest BCUT2D eigenvalue weighted by molar-refractivity contribution is 5.87. The van der Waals surface area contributed by atoms with Crippen molar-refractivity contribution in [2.24, 2.45) is 5.10 Å². The summed E-state index contributed by atoms with van der Waals surface area (Å²) < 4.78 is 0. The van der Waals surface area contributed by atoms with Crippen molar-refractivity contribution in [2.45, 2.75) is 6.42 Å². The van der Waals surface area contributed by atoms with E-state index in [9.17, 15) is 9.59 Å². The Hall–Kier alpha value is -3.15. The number of nitrogens with zero attached hydrogens (tertiary/aromatic N) is 2. The van der Waals surface area contributed by atoms with Crippen LogP contribution in [-0.2, 0) is 16.0 Å². The maximum absolute atomic E-state index is 11.8. The van der Waals surface area contributed by atoms with Crippen molar-refractivity contribution in [1.82, 2.24) is 10.7 Å². The van der Waals surface area contributed by atoms with Crippen LogP contribution in [0.2, 0.25) is 0 Å². The molecule has 2 amide bonds. The van der Waals surface area contributed by atoms with Crippen molar-refractivity contribution >= 4 is 23.7 Å². The van der Waals surface area contributed by atoms with Crippen molar-refractivity contribution in [2.75, 3.05) is 25.5 Å². The average Bonchev–Trinajstić information content (AvgIpc) is 2.61. The smallest absolute Gasteiger partial charge is 0.259 e. The van der Waals surface area contributed by atoms with Crippen LogP contribution < -0.4 is 15.6 Å². The Bertz CT molecular complexity index is 725. The number of hydrogen-bond donors (Lipinski definition) is 2. The van der Waals surface area contributed by atoms with Crippen molar-refractivity contribution in [3.63, 3.8) is 0 Å². The molecule has 6 heteroatoms.